The Morgan fingerprint density at radius 2 is 2.04 bits per heavy atom. The van der Waals surface area contributed by atoms with Crippen LogP contribution in [0.1, 0.15) is 5.56 Å². The zero-order valence-corrected chi connectivity index (χ0v) is 15.5. The SMILES string of the molecule is O=C(Cn1cc([N+](=O)[O-])ccc1=O)Nc1cccc(CSc2ccccn2)c1. The predicted octanol–water partition coefficient (Wildman–Crippen LogP) is 3.08. The molecule has 0 unspecified atom stereocenters. The van der Waals surface area contributed by atoms with E-state index in [-0.39, 0.29) is 12.2 Å². The van der Waals surface area contributed by atoms with E-state index < -0.39 is 16.4 Å². The molecule has 3 aromatic rings. The van der Waals surface area contributed by atoms with Crippen molar-refractivity contribution in [3.63, 3.8) is 0 Å². The normalized spacial score (nSPS) is 10.4. The standard InChI is InChI=1S/C19H16N4O4S/c24-17(12-22-11-16(23(26)27)7-8-19(22)25)21-15-5-3-4-14(10-15)13-28-18-6-1-2-9-20-18/h1-11H,12-13H2,(H,21,24). The fourth-order valence-corrected chi connectivity index (χ4v) is 3.24. The van der Waals surface area contributed by atoms with Crippen LogP contribution in [-0.2, 0) is 17.1 Å². The number of nitro groups is 1. The van der Waals surface area contributed by atoms with Crippen molar-refractivity contribution in [3.05, 3.63) is 93.0 Å². The Morgan fingerprint density at radius 1 is 1.18 bits per heavy atom. The van der Waals surface area contributed by atoms with E-state index >= 15 is 0 Å². The molecule has 0 aliphatic carbocycles. The van der Waals surface area contributed by atoms with Gasteiger partial charge in [0.05, 0.1) is 16.1 Å². The first-order chi connectivity index (χ1) is 13.5. The monoisotopic (exact) mass is 396 g/mol. The van der Waals surface area contributed by atoms with Crippen LogP contribution in [0.2, 0.25) is 0 Å². The molecular weight excluding hydrogens is 380 g/mol. The number of pyridine rings is 2. The molecule has 0 spiro atoms. The van der Waals surface area contributed by atoms with Crippen LogP contribution >= 0.6 is 11.8 Å². The summed E-state index contributed by atoms with van der Waals surface area (Å²) in [6.07, 6.45) is 2.79. The van der Waals surface area contributed by atoms with Crippen LogP contribution in [0.5, 0.6) is 0 Å². The third-order valence-electron chi connectivity index (χ3n) is 3.73. The second kappa shape index (κ2) is 8.96. The molecule has 2 aromatic heterocycles. The van der Waals surface area contributed by atoms with E-state index in [4.69, 9.17) is 0 Å². The molecule has 0 atom stereocenters. The highest BCUT2D eigenvalue weighted by molar-refractivity contribution is 7.98. The summed E-state index contributed by atoms with van der Waals surface area (Å²) in [5, 5.41) is 14.4. The number of rotatable bonds is 7. The van der Waals surface area contributed by atoms with Crippen molar-refractivity contribution < 1.29 is 9.72 Å². The molecule has 1 amide bonds. The van der Waals surface area contributed by atoms with E-state index in [0.29, 0.717) is 11.4 Å². The molecule has 2 heterocycles. The number of nitrogens with one attached hydrogen (secondary N) is 1. The summed E-state index contributed by atoms with van der Waals surface area (Å²) >= 11 is 1.58. The average molecular weight is 396 g/mol. The van der Waals surface area contributed by atoms with Crippen LogP contribution in [0.15, 0.2) is 76.8 Å². The zero-order chi connectivity index (χ0) is 19.9. The molecule has 1 aromatic carbocycles. The van der Waals surface area contributed by atoms with Crippen molar-refractivity contribution in [2.24, 2.45) is 0 Å². The van der Waals surface area contributed by atoms with Crippen LogP contribution < -0.4 is 10.9 Å². The highest BCUT2D eigenvalue weighted by atomic mass is 32.2. The van der Waals surface area contributed by atoms with Crippen LogP contribution in [-0.4, -0.2) is 20.4 Å². The van der Waals surface area contributed by atoms with Crippen molar-refractivity contribution in [3.8, 4) is 0 Å². The largest absolute Gasteiger partial charge is 0.325 e. The van der Waals surface area contributed by atoms with Crippen molar-refractivity contribution in [2.75, 3.05) is 5.32 Å². The molecule has 9 heteroatoms. The maximum atomic E-state index is 12.2. The van der Waals surface area contributed by atoms with Gasteiger partial charge in [-0.15, -0.1) is 11.8 Å². The van der Waals surface area contributed by atoms with Crippen LogP contribution in [0.4, 0.5) is 11.4 Å². The summed E-state index contributed by atoms with van der Waals surface area (Å²) in [4.78, 5) is 38.5. The van der Waals surface area contributed by atoms with Gasteiger partial charge in [0.1, 0.15) is 6.54 Å². The second-order valence-electron chi connectivity index (χ2n) is 5.82. The Hall–Kier alpha value is -3.46. The zero-order valence-electron chi connectivity index (χ0n) is 14.6. The van der Waals surface area contributed by atoms with Gasteiger partial charge in [-0.2, -0.15) is 0 Å². The maximum Gasteiger partial charge on any atom is 0.285 e. The summed E-state index contributed by atoms with van der Waals surface area (Å²) in [5.41, 5.74) is 0.853. The van der Waals surface area contributed by atoms with Crippen molar-refractivity contribution in [1.82, 2.24) is 9.55 Å². The maximum absolute atomic E-state index is 12.2. The minimum atomic E-state index is -0.615. The highest BCUT2D eigenvalue weighted by Gasteiger charge is 2.11. The highest BCUT2D eigenvalue weighted by Crippen LogP contribution is 2.22. The number of anilines is 1. The van der Waals surface area contributed by atoms with E-state index in [1.165, 1.54) is 0 Å². The Balaban J connectivity index is 1.64. The number of carbonyl (C=O) groups is 1. The Labute approximate surface area is 164 Å². The number of hydrogen-bond donors (Lipinski definition) is 1. The lowest BCUT2D eigenvalue weighted by molar-refractivity contribution is -0.385. The molecule has 0 radical (unpaired) electrons. The van der Waals surface area contributed by atoms with Crippen LogP contribution in [0.3, 0.4) is 0 Å². The van der Waals surface area contributed by atoms with Gasteiger partial charge < -0.3 is 5.32 Å². The topological polar surface area (TPSA) is 107 Å². The molecule has 0 saturated carbocycles. The van der Waals surface area contributed by atoms with Gasteiger partial charge in [-0.05, 0) is 29.8 Å². The quantitative estimate of drug-likeness (QED) is 0.374. The first kappa shape index (κ1) is 19.3. The van der Waals surface area contributed by atoms with Crippen molar-refractivity contribution >= 4 is 29.0 Å². The van der Waals surface area contributed by atoms with E-state index in [1.807, 2.05) is 36.4 Å². The van der Waals surface area contributed by atoms with E-state index in [1.54, 1.807) is 24.0 Å². The van der Waals surface area contributed by atoms with Gasteiger partial charge in [-0.25, -0.2) is 4.98 Å². The lowest BCUT2D eigenvalue weighted by atomic mass is 10.2. The summed E-state index contributed by atoms with van der Waals surface area (Å²) in [6.45, 7) is -0.312. The number of aromatic nitrogens is 2. The fraction of sp³-hybridized carbons (Fsp3) is 0.105. The molecule has 28 heavy (non-hydrogen) atoms. The van der Waals surface area contributed by atoms with Crippen molar-refractivity contribution in [2.45, 2.75) is 17.3 Å². The van der Waals surface area contributed by atoms with E-state index in [2.05, 4.69) is 10.3 Å². The van der Waals surface area contributed by atoms with E-state index in [9.17, 15) is 19.7 Å². The predicted molar refractivity (Wildman–Crippen MR) is 106 cm³/mol. The summed E-state index contributed by atoms with van der Waals surface area (Å²) in [5.74, 6) is 0.238. The number of nitrogens with zero attached hydrogens (tertiary/aromatic N) is 3. The Morgan fingerprint density at radius 3 is 2.79 bits per heavy atom. The molecule has 3 rings (SSSR count). The molecule has 1 N–H and O–H groups in total. The summed E-state index contributed by atoms with van der Waals surface area (Å²) in [7, 11) is 0. The van der Waals surface area contributed by atoms with Gasteiger partial charge in [-0.3, -0.25) is 24.3 Å². The van der Waals surface area contributed by atoms with Gasteiger partial charge in [0.2, 0.25) is 5.91 Å². The average Bonchev–Trinajstić information content (AvgIpc) is 2.69. The van der Waals surface area contributed by atoms with Gasteiger partial charge in [0.15, 0.2) is 0 Å². The third-order valence-corrected chi connectivity index (χ3v) is 4.74. The number of hydrogen-bond acceptors (Lipinski definition) is 6. The first-order valence-corrected chi connectivity index (χ1v) is 9.27. The van der Waals surface area contributed by atoms with Gasteiger partial charge in [0, 0.05) is 29.8 Å². The molecule has 0 bridgehead atoms. The molecule has 142 valence electrons. The molecule has 0 saturated heterocycles. The van der Waals surface area contributed by atoms with Crippen molar-refractivity contribution in [1.29, 1.82) is 0 Å². The summed E-state index contributed by atoms with van der Waals surface area (Å²) in [6, 6.07) is 15.2. The van der Waals surface area contributed by atoms with Gasteiger partial charge >= 0.3 is 0 Å². The summed E-state index contributed by atoms with van der Waals surface area (Å²) < 4.78 is 1.01. The van der Waals surface area contributed by atoms with Crippen LogP contribution in [0.25, 0.3) is 0 Å². The number of thioether (sulfide) groups is 1. The molecule has 0 fully saturated rings. The fourth-order valence-electron chi connectivity index (χ4n) is 2.43. The third kappa shape index (κ3) is 5.27. The molecule has 0 aliphatic rings. The minimum absolute atomic E-state index is 0.249. The second-order valence-corrected chi connectivity index (χ2v) is 6.81. The van der Waals surface area contributed by atoms with E-state index in [0.717, 1.165) is 33.5 Å². The smallest absolute Gasteiger partial charge is 0.285 e. The van der Waals surface area contributed by atoms with Gasteiger partial charge in [0.25, 0.3) is 11.2 Å². The lowest BCUT2D eigenvalue weighted by Gasteiger charge is -2.09. The number of carbonyl (C=O) groups excluding carboxylic acids is 1. The Bertz CT molecular complexity index is 1050. The molecular formula is C19H16N4O4S. The Kier molecular flexibility index (Phi) is 6.18. The molecule has 0 aliphatic heterocycles. The molecule has 8 nitrogen and oxygen atoms in total. The minimum Gasteiger partial charge on any atom is -0.325 e. The lowest BCUT2D eigenvalue weighted by Crippen LogP contribution is -2.27. The number of benzene rings is 1. The first-order valence-electron chi connectivity index (χ1n) is 8.29. The van der Waals surface area contributed by atoms with Crippen LogP contribution in [0, 0.1) is 10.1 Å². The van der Waals surface area contributed by atoms with Gasteiger partial charge in [-0.1, -0.05) is 18.2 Å². The number of amides is 1.